The van der Waals surface area contributed by atoms with E-state index in [1.165, 1.54) is 12.8 Å². The molecule has 0 saturated carbocycles. The van der Waals surface area contributed by atoms with E-state index in [0.717, 1.165) is 38.3 Å². The van der Waals surface area contributed by atoms with Gasteiger partial charge in [0.2, 0.25) is 5.91 Å². The highest BCUT2D eigenvalue weighted by atomic mass is 16.2. The summed E-state index contributed by atoms with van der Waals surface area (Å²) in [6.45, 7) is 5.64. The van der Waals surface area contributed by atoms with Crippen molar-refractivity contribution >= 4 is 11.7 Å². The molecule has 0 spiro atoms. The lowest BCUT2D eigenvalue weighted by molar-refractivity contribution is -0.131. The van der Waals surface area contributed by atoms with E-state index in [1.807, 2.05) is 11.9 Å². The Hall–Kier alpha value is -2.13. The molecule has 134 valence electrons. The van der Waals surface area contributed by atoms with Gasteiger partial charge in [-0.2, -0.15) is 5.26 Å². The third kappa shape index (κ3) is 3.77. The van der Waals surface area contributed by atoms with Crippen LogP contribution < -0.4 is 4.90 Å². The third-order valence-electron chi connectivity index (χ3n) is 5.52. The van der Waals surface area contributed by atoms with Gasteiger partial charge in [0.15, 0.2) is 0 Å². The van der Waals surface area contributed by atoms with E-state index >= 15 is 0 Å². The van der Waals surface area contributed by atoms with E-state index in [0.29, 0.717) is 24.2 Å². The van der Waals surface area contributed by atoms with Crippen molar-refractivity contribution in [2.75, 3.05) is 38.1 Å². The molecule has 6 heteroatoms. The van der Waals surface area contributed by atoms with Crippen LogP contribution >= 0.6 is 0 Å². The van der Waals surface area contributed by atoms with Gasteiger partial charge >= 0.3 is 0 Å². The summed E-state index contributed by atoms with van der Waals surface area (Å²) in [6, 6.07) is 6.48. The maximum Gasteiger partial charge on any atom is 0.242 e. The van der Waals surface area contributed by atoms with Crippen LogP contribution in [0.3, 0.4) is 0 Å². The zero-order chi connectivity index (χ0) is 17.8. The van der Waals surface area contributed by atoms with Gasteiger partial charge < -0.3 is 9.80 Å². The van der Waals surface area contributed by atoms with E-state index in [4.69, 9.17) is 5.26 Å². The summed E-state index contributed by atoms with van der Waals surface area (Å²) in [6.07, 6.45) is 6.21. The molecule has 1 amide bonds. The molecule has 3 heterocycles. The van der Waals surface area contributed by atoms with Gasteiger partial charge in [0.05, 0.1) is 12.1 Å². The predicted octanol–water partition coefficient (Wildman–Crippen LogP) is 1.86. The van der Waals surface area contributed by atoms with Crippen molar-refractivity contribution in [2.45, 2.75) is 44.7 Å². The number of likely N-dealkylation sites (tertiary alicyclic amines) is 2. The second-order valence-corrected chi connectivity index (χ2v) is 7.01. The standard InChI is InChI=1S/C19H27N5O/c1-3-23-10-4-6-16(23)17-7-5-11-24(17)19(25)14-22(2)18-9-8-15(12-20)13-21-18/h8-9,13,16-17H,3-7,10-11,14H2,1-2H3/t16-,17+/m1/s1. The molecule has 2 atom stereocenters. The van der Waals surface area contributed by atoms with Crippen LogP contribution in [-0.2, 0) is 4.79 Å². The van der Waals surface area contributed by atoms with Crippen LogP contribution in [-0.4, -0.2) is 66.0 Å². The number of nitrogens with zero attached hydrogens (tertiary/aromatic N) is 5. The van der Waals surface area contributed by atoms with E-state index in [9.17, 15) is 4.79 Å². The number of aromatic nitrogens is 1. The van der Waals surface area contributed by atoms with Crippen molar-refractivity contribution in [3.8, 4) is 6.07 Å². The highest BCUT2D eigenvalue weighted by Gasteiger charge is 2.39. The number of pyridine rings is 1. The Morgan fingerprint density at radius 3 is 2.76 bits per heavy atom. The number of anilines is 1. The van der Waals surface area contributed by atoms with Crippen LogP contribution in [0, 0.1) is 11.3 Å². The normalized spacial score (nSPS) is 23.6. The smallest absolute Gasteiger partial charge is 0.242 e. The summed E-state index contributed by atoms with van der Waals surface area (Å²) in [5, 5.41) is 8.86. The molecule has 0 aliphatic carbocycles. The van der Waals surface area contributed by atoms with Crippen LogP contribution in [0.25, 0.3) is 0 Å². The summed E-state index contributed by atoms with van der Waals surface area (Å²) in [5.74, 6) is 0.901. The van der Waals surface area contributed by atoms with Gasteiger partial charge in [0.25, 0.3) is 0 Å². The van der Waals surface area contributed by atoms with Crippen molar-refractivity contribution in [3.63, 3.8) is 0 Å². The van der Waals surface area contributed by atoms with Crippen molar-refractivity contribution in [1.29, 1.82) is 5.26 Å². The maximum absolute atomic E-state index is 12.9. The van der Waals surface area contributed by atoms with Gasteiger partial charge in [-0.3, -0.25) is 9.69 Å². The van der Waals surface area contributed by atoms with Crippen LogP contribution in [0.5, 0.6) is 0 Å². The van der Waals surface area contributed by atoms with E-state index in [-0.39, 0.29) is 5.91 Å². The molecule has 0 unspecified atom stereocenters. The second kappa shape index (κ2) is 7.83. The lowest BCUT2D eigenvalue weighted by Gasteiger charge is -2.35. The fourth-order valence-electron chi connectivity index (χ4n) is 4.24. The summed E-state index contributed by atoms with van der Waals surface area (Å²) < 4.78 is 0. The number of carbonyl (C=O) groups excluding carboxylic acids is 1. The summed E-state index contributed by atoms with van der Waals surface area (Å²) in [4.78, 5) is 23.7. The van der Waals surface area contributed by atoms with Gasteiger partial charge in [0.1, 0.15) is 11.9 Å². The largest absolute Gasteiger partial charge is 0.350 e. The molecule has 0 aromatic carbocycles. The van der Waals surface area contributed by atoms with Gasteiger partial charge in [0, 0.05) is 31.9 Å². The average Bonchev–Trinajstić information content (AvgIpc) is 3.29. The van der Waals surface area contributed by atoms with E-state index in [2.05, 4.69) is 27.8 Å². The minimum atomic E-state index is 0.180. The minimum Gasteiger partial charge on any atom is -0.350 e. The SMILES string of the molecule is CCN1CCC[C@@H]1[C@@H]1CCCN1C(=O)CN(C)c1ccc(C#N)cn1. The zero-order valence-corrected chi connectivity index (χ0v) is 15.2. The van der Waals surface area contributed by atoms with Crippen molar-refractivity contribution in [3.05, 3.63) is 23.9 Å². The maximum atomic E-state index is 12.9. The first-order valence-electron chi connectivity index (χ1n) is 9.25. The Balaban J connectivity index is 1.64. The zero-order valence-electron chi connectivity index (χ0n) is 15.2. The Morgan fingerprint density at radius 1 is 1.32 bits per heavy atom. The third-order valence-corrected chi connectivity index (χ3v) is 5.52. The molecule has 0 bridgehead atoms. The molecule has 1 aromatic heterocycles. The number of nitriles is 1. The topological polar surface area (TPSA) is 63.5 Å². The van der Waals surface area contributed by atoms with E-state index < -0.39 is 0 Å². The summed E-state index contributed by atoms with van der Waals surface area (Å²) in [7, 11) is 1.88. The Morgan fingerprint density at radius 2 is 2.08 bits per heavy atom. The molecule has 2 aliphatic rings. The predicted molar refractivity (Wildman–Crippen MR) is 97.2 cm³/mol. The molecule has 25 heavy (non-hydrogen) atoms. The van der Waals surface area contributed by atoms with Gasteiger partial charge in [-0.05, 0) is 50.9 Å². The molecule has 2 saturated heterocycles. The monoisotopic (exact) mass is 341 g/mol. The van der Waals surface area contributed by atoms with Crippen LogP contribution in [0.2, 0.25) is 0 Å². The number of likely N-dealkylation sites (N-methyl/N-ethyl adjacent to an activating group) is 2. The van der Waals surface area contributed by atoms with E-state index in [1.54, 1.807) is 18.3 Å². The first kappa shape index (κ1) is 17.7. The molecule has 1 aromatic rings. The molecular formula is C19H27N5O. The molecule has 2 fully saturated rings. The number of rotatable bonds is 5. The van der Waals surface area contributed by atoms with Crippen molar-refractivity contribution in [1.82, 2.24) is 14.8 Å². The number of hydrogen-bond acceptors (Lipinski definition) is 5. The second-order valence-electron chi connectivity index (χ2n) is 7.01. The highest BCUT2D eigenvalue weighted by molar-refractivity contribution is 5.81. The number of amides is 1. The van der Waals surface area contributed by atoms with Crippen LogP contribution in [0.15, 0.2) is 18.3 Å². The fraction of sp³-hybridized carbons (Fsp3) is 0.632. The summed E-state index contributed by atoms with van der Waals surface area (Å²) in [5.41, 5.74) is 0.531. The number of hydrogen-bond donors (Lipinski definition) is 0. The number of carbonyl (C=O) groups is 1. The van der Waals surface area contributed by atoms with Crippen LogP contribution in [0.4, 0.5) is 5.82 Å². The van der Waals surface area contributed by atoms with Crippen molar-refractivity contribution in [2.24, 2.45) is 0 Å². The first-order valence-corrected chi connectivity index (χ1v) is 9.25. The lowest BCUT2D eigenvalue weighted by Crippen LogP contribution is -2.50. The molecule has 0 N–H and O–H groups in total. The van der Waals surface area contributed by atoms with Gasteiger partial charge in [-0.1, -0.05) is 6.92 Å². The van der Waals surface area contributed by atoms with Gasteiger partial charge in [-0.25, -0.2) is 4.98 Å². The highest BCUT2D eigenvalue weighted by Crippen LogP contribution is 2.30. The molecule has 2 aliphatic heterocycles. The lowest BCUT2D eigenvalue weighted by atomic mass is 10.0. The molecule has 0 radical (unpaired) electrons. The van der Waals surface area contributed by atoms with Gasteiger partial charge in [-0.15, -0.1) is 0 Å². The minimum absolute atomic E-state index is 0.180. The first-order chi connectivity index (χ1) is 12.1. The Labute approximate surface area is 150 Å². The quantitative estimate of drug-likeness (QED) is 0.818. The van der Waals surface area contributed by atoms with Crippen LogP contribution in [0.1, 0.15) is 38.2 Å². The molecule has 3 rings (SSSR count). The average molecular weight is 341 g/mol. The molecule has 6 nitrogen and oxygen atoms in total. The Kier molecular flexibility index (Phi) is 5.54. The fourth-order valence-corrected chi connectivity index (χ4v) is 4.24. The summed E-state index contributed by atoms with van der Waals surface area (Å²) >= 11 is 0. The Bertz CT molecular complexity index is 638. The molecular weight excluding hydrogens is 314 g/mol. The van der Waals surface area contributed by atoms with Crippen molar-refractivity contribution < 1.29 is 4.79 Å².